The van der Waals surface area contributed by atoms with Gasteiger partial charge in [0, 0.05) is 42.0 Å². The van der Waals surface area contributed by atoms with E-state index in [9.17, 15) is 4.79 Å². The second-order valence-corrected chi connectivity index (χ2v) is 4.45. The van der Waals surface area contributed by atoms with Crippen molar-refractivity contribution in [3.63, 3.8) is 0 Å². The minimum atomic E-state index is -0.0688. The lowest BCUT2D eigenvalue weighted by atomic mass is 10.1. The molecule has 0 fully saturated rings. The SMILES string of the molecule is NCc1nc(C(=O)Cc2cnccc2N)cs1. The van der Waals surface area contributed by atoms with Crippen LogP contribution in [0.2, 0.25) is 0 Å². The van der Waals surface area contributed by atoms with E-state index in [1.165, 1.54) is 11.3 Å². The standard InChI is InChI=1S/C11H12N4OS/c12-4-11-15-9(6-17-11)10(16)3-7-5-14-2-1-8(7)13/h1-2,5-6H,3-4,12H2,(H2,13,14). The number of carbonyl (C=O) groups excluding carboxylic acids is 1. The van der Waals surface area contributed by atoms with Gasteiger partial charge in [0.15, 0.2) is 5.78 Å². The average molecular weight is 248 g/mol. The maximum absolute atomic E-state index is 11.9. The smallest absolute Gasteiger partial charge is 0.186 e. The summed E-state index contributed by atoms with van der Waals surface area (Å²) in [5.74, 6) is -0.0688. The number of aromatic nitrogens is 2. The molecular weight excluding hydrogens is 236 g/mol. The maximum Gasteiger partial charge on any atom is 0.186 e. The van der Waals surface area contributed by atoms with Gasteiger partial charge in [0.05, 0.1) is 0 Å². The molecule has 88 valence electrons. The van der Waals surface area contributed by atoms with E-state index in [2.05, 4.69) is 9.97 Å². The Morgan fingerprint density at radius 1 is 1.47 bits per heavy atom. The van der Waals surface area contributed by atoms with Gasteiger partial charge in [-0.2, -0.15) is 0 Å². The van der Waals surface area contributed by atoms with Crippen molar-refractivity contribution in [2.45, 2.75) is 13.0 Å². The van der Waals surface area contributed by atoms with Gasteiger partial charge in [-0.05, 0) is 6.07 Å². The first-order valence-corrected chi connectivity index (χ1v) is 5.94. The van der Waals surface area contributed by atoms with Gasteiger partial charge in [-0.1, -0.05) is 0 Å². The average Bonchev–Trinajstić information content (AvgIpc) is 2.81. The van der Waals surface area contributed by atoms with Crippen molar-refractivity contribution in [1.82, 2.24) is 9.97 Å². The lowest BCUT2D eigenvalue weighted by Gasteiger charge is -2.01. The summed E-state index contributed by atoms with van der Waals surface area (Å²) in [6, 6.07) is 1.68. The van der Waals surface area contributed by atoms with Gasteiger partial charge < -0.3 is 11.5 Å². The number of anilines is 1. The molecule has 0 saturated heterocycles. The summed E-state index contributed by atoms with van der Waals surface area (Å²) in [7, 11) is 0. The third-order valence-corrected chi connectivity index (χ3v) is 3.18. The molecule has 0 unspecified atom stereocenters. The molecule has 0 aliphatic carbocycles. The molecule has 0 spiro atoms. The molecule has 4 N–H and O–H groups in total. The van der Waals surface area contributed by atoms with Crippen LogP contribution in [0.1, 0.15) is 21.1 Å². The quantitative estimate of drug-likeness (QED) is 0.787. The zero-order valence-electron chi connectivity index (χ0n) is 9.09. The van der Waals surface area contributed by atoms with Crippen molar-refractivity contribution < 1.29 is 4.79 Å². The lowest BCUT2D eigenvalue weighted by Crippen LogP contribution is -2.07. The van der Waals surface area contributed by atoms with Crippen LogP contribution in [0, 0.1) is 0 Å². The third-order valence-electron chi connectivity index (χ3n) is 2.30. The predicted octanol–water partition coefficient (Wildman–Crippen LogP) is 1.00. The molecule has 2 heterocycles. The minimum absolute atomic E-state index is 0.0688. The molecule has 0 aliphatic rings. The monoisotopic (exact) mass is 248 g/mol. The summed E-state index contributed by atoms with van der Waals surface area (Å²) >= 11 is 1.39. The normalized spacial score (nSPS) is 10.4. The van der Waals surface area contributed by atoms with Crippen LogP contribution in [-0.4, -0.2) is 15.8 Å². The summed E-state index contributed by atoms with van der Waals surface area (Å²) in [6.45, 7) is 0.354. The Kier molecular flexibility index (Phi) is 3.46. The van der Waals surface area contributed by atoms with Gasteiger partial charge >= 0.3 is 0 Å². The van der Waals surface area contributed by atoms with Crippen LogP contribution in [0.4, 0.5) is 5.69 Å². The van der Waals surface area contributed by atoms with Crippen LogP contribution in [0.15, 0.2) is 23.8 Å². The number of nitrogens with two attached hydrogens (primary N) is 2. The number of rotatable bonds is 4. The lowest BCUT2D eigenvalue weighted by molar-refractivity contribution is 0.0989. The highest BCUT2D eigenvalue weighted by molar-refractivity contribution is 7.09. The van der Waals surface area contributed by atoms with Crippen LogP contribution in [0.3, 0.4) is 0 Å². The van der Waals surface area contributed by atoms with Crippen molar-refractivity contribution in [2.24, 2.45) is 5.73 Å². The molecule has 0 aromatic carbocycles. The van der Waals surface area contributed by atoms with E-state index in [-0.39, 0.29) is 12.2 Å². The number of nitrogens with zero attached hydrogens (tertiary/aromatic N) is 2. The van der Waals surface area contributed by atoms with Crippen LogP contribution < -0.4 is 11.5 Å². The van der Waals surface area contributed by atoms with E-state index in [1.807, 2.05) is 0 Å². The van der Waals surface area contributed by atoms with Crippen molar-refractivity contribution in [3.05, 3.63) is 40.1 Å². The molecule has 0 amide bonds. The summed E-state index contributed by atoms with van der Waals surface area (Å²) in [6.07, 6.45) is 3.41. The van der Waals surface area contributed by atoms with E-state index in [1.54, 1.807) is 23.8 Å². The number of thiazole rings is 1. The van der Waals surface area contributed by atoms with Crippen LogP contribution in [-0.2, 0) is 13.0 Å². The Labute approximate surface area is 103 Å². The number of nitrogen functional groups attached to an aromatic ring is 1. The maximum atomic E-state index is 11.9. The highest BCUT2D eigenvalue weighted by Crippen LogP contribution is 2.15. The molecular formula is C11H12N4OS. The first kappa shape index (κ1) is 11.7. The van der Waals surface area contributed by atoms with E-state index in [4.69, 9.17) is 11.5 Å². The van der Waals surface area contributed by atoms with Crippen LogP contribution in [0.25, 0.3) is 0 Å². The number of hydrogen-bond acceptors (Lipinski definition) is 6. The molecule has 2 aromatic rings. The Morgan fingerprint density at radius 3 is 2.94 bits per heavy atom. The zero-order chi connectivity index (χ0) is 12.3. The number of pyridine rings is 1. The van der Waals surface area contributed by atoms with Crippen molar-refractivity contribution in [3.8, 4) is 0 Å². The van der Waals surface area contributed by atoms with Gasteiger partial charge in [-0.15, -0.1) is 11.3 Å². The summed E-state index contributed by atoms with van der Waals surface area (Å²) in [4.78, 5) is 20.0. The fourth-order valence-corrected chi connectivity index (χ4v) is 2.06. The second-order valence-electron chi connectivity index (χ2n) is 3.51. The predicted molar refractivity (Wildman–Crippen MR) is 66.7 cm³/mol. The van der Waals surface area contributed by atoms with Crippen molar-refractivity contribution in [2.75, 3.05) is 5.73 Å². The molecule has 5 nitrogen and oxygen atoms in total. The minimum Gasteiger partial charge on any atom is -0.398 e. The Bertz CT molecular complexity index is 538. The number of Topliss-reactive ketones (excluding diaryl/α,β-unsaturated/α-hetero) is 1. The van der Waals surface area contributed by atoms with Gasteiger partial charge in [-0.25, -0.2) is 4.98 Å². The second kappa shape index (κ2) is 5.03. The molecule has 0 saturated carbocycles. The Morgan fingerprint density at radius 2 is 2.29 bits per heavy atom. The van der Waals surface area contributed by atoms with Gasteiger partial charge in [0.1, 0.15) is 10.7 Å². The van der Waals surface area contributed by atoms with Gasteiger partial charge in [-0.3, -0.25) is 9.78 Å². The third kappa shape index (κ3) is 2.66. The summed E-state index contributed by atoms with van der Waals surface area (Å²) in [5, 5.41) is 2.48. The number of hydrogen-bond donors (Lipinski definition) is 2. The van der Waals surface area contributed by atoms with Gasteiger partial charge in [0.25, 0.3) is 0 Å². The molecule has 17 heavy (non-hydrogen) atoms. The van der Waals surface area contributed by atoms with Crippen LogP contribution in [0.5, 0.6) is 0 Å². The fraction of sp³-hybridized carbons (Fsp3) is 0.182. The number of ketones is 1. The molecule has 2 rings (SSSR count). The largest absolute Gasteiger partial charge is 0.398 e. The summed E-state index contributed by atoms with van der Waals surface area (Å²) < 4.78 is 0. The highest BCUT2D eigenvalue weighted by Gasteiger charge is 2.12. The van der Waals surface area contributed by atoms with Crippen molar-refractivity contribution >= 4 is 22.8 Å². The molecule has 0 bridgehead atoms. The Hall–Kier alpha value is -1.79. The molecule has 6 heteroatoms. The van der Waals surface area contributed by atoms with Gasteiger partial charge in [0.2, 0.25) is 0 Å². The topological polar surface area (TPSA) is 94.9 Å². The molecule has 2 aromatic heterocycles. The summed E-state index contributed by atoms with van der Waals surface area (Å²) in [5.41, 5.74) is 12.9. The van der Waals surface area contributed by atoms with E-state index >= 15 is 0 Å². The van der Waals surface area contributed by atoms with Crippen molar-refractivity contribution in [1.29, 1.82) is 0 Å². The highest BCUT2D eigenvalue weighted by atomic mass is 32.1. The number of carbonyl (C=O) groups is 1. The molecule has 0 aliphatic heterocycles. The molecule has 0 atom stereocenters. The van der Waals surface area contributed by atoms with E-state index < -0.39 is 0 Å². The zero-order valence-corrected chi connectivity index (χ0v) is 9.91. The van der Waals surface area contributed by atoms with E-state index in [0.29, 0.717) is 17.9 Å². The first-order chi connectivity index (χ1) is 8.20. The first-order valence-electron chi connectivity index (χ1n) is 5.06. The molecule has 0 radical (unpaired) electrons. The fourth-order valence-electron chi connectivity index (χ4n) is 1.38. The van der Waals surface area contributed by atoms with E-state index in [0.717, 1.165) is 10.6 Å². The van der Waals surface area contributed by atoms with Crippen LogP contribution >= 0.6 is 11.3 Å². The Balaban J connectivity index is 2.14.